The van der Waals surface area contributed by atoms with Gasteiger partial charge in [-0.3, -0.25) is 0 Å². The fraction of sp³-hybridized carbons (Fsp3) is 0.333. The maximum absolute atomic E-state index is 13.0. The van der Waals surface area contributed by atoms with Crippen molar-refractivity contribution in [3.05, 3.63) is 35.4 Å². The van der Waals surface area contributed by atoms with Gasteiger partial charge in [0.25, 0.3) is 0 Å². The molecule has 0 aliphatic rings. The summed E-state index contributed by atoms with van der Waals surface area (Å²) in [4.78, 5) is 0. The van der Waals surface area contributed by atoms with Crippen molar-refractivity contribution in [2.75, 3.05) is 6.54 Å². The van der Waals surface area contributed by atoms with Crippen molar-refractivity contribution in [2.45, 2.75) is 13.1 Å². The molecule has 1 unspecified atom stereocenters. The van der Waals surface area contributed by atoms with Crippen LogP contribution >= 0.6 is 0 Å². The highest BCUT2D eigenvalue weighted by Crippen LogP contribution is 2.18. The van der Waals surface area contributed by atoms with E-state index < -0.39 is 6.17 Å². The average Bonchev–Trinajstić information content (AvgIpc) is 2.04. The lowest BCUT2D eigenvalue weighted by Gasteiger charge is -2.07. The molecular weight excluding hydrogens is 141 g/mol. The fourth-order valence-electron chi connectivity index (χ4n) is 1.07. The summed E-state index contributed by atoms with van der Waals surface area (Å²) in [5.41, 5.74) is 6.87. The molecule has 0 bridgehead atoms. The van der Waals surface area contributed by atoms with Gasteiger partial charge in [0.15, 0.2) is 0 Å². The molecule has 0 saturated carbocycles. The Hall–Kier alpha value is -0.890. The van der Waals surface area contributed by atoms with Crippen molar-refractivity contribution >= 4 is 0 Å². The zero-order valence-corrected chi connectivity index (χ0v) is 6.55. The molecule has 1 nitrogen and oxygen atoms in total. The van der Waals surface area contributed by atoms with E-state index in [0.29, 0.717) is 5.56 Å². The summed E-state index contributed by atoms with van der Waals surface area (Å²) in [5.74, 6) is 0. The summed E-state index contributed by atoms with van der Waals surface area (Å²) in [6, 6.07) is 7.37. The third-order valence-corrected chi connectivity index (χ3v) is 1.73. The SMILES string of the molecule is Cc1ccccc1C(F)CN. The van der Waals surface area contributed by atoms with E-state index in [1.165, 1.54) is 0 Å². The molecule has 1 aromatic rings. The van der Waals surface area contributed by atoms with Crippen LogP contribution in [0, 0.1) is 6.92 Å². The zero-order chi connectivity index (χ0) is 8.27. The topological polar surface area (TPSA) is 26.0 Å². The Morgan fingerprint density at radius 3 is 2.64 bits per heavy atom. The van der Waals surface area contributed by atoms with Gasteiger partial charge in [-0.25, -0.2) is 4.39 Å². The van der Waals surface area contributed by atoms with Crippen LogP contribution in [0.2, 0.25) is 0 Å². The van der Waals surface area contributed by atoms with Gasteiger partial charge in [-0.2, -0.15) is 0 Å². The third-order valence-electron chi connectivity index (χ3n) is 1.73. The first-order valence-electron chi connectivity index (χ1n) is 3.65. The summed E-state index contributed by atoms with van der Waals surface area (Å²) >= 11 is 0. The van der Waals surface area contributed by atoms with Gasteiger partial charge in [-0.1, -0.05) is 24.3 Å². The second-order valence-electron chi connectivity index (χ2n) is 2.56. The van der Waals surface area contributed by atoms with E-state index >= 15 is 0 Å². The van der Waals surface area contributed by atoms with Crippen LogP contribution in [-0.4, -0.2) is 6.54 Å². The maximum Gasteiger partial charge on any atom is 0.138 e. The smallest absolute Gasteiger partial charge is 0.138 e. The number of alkyl halides is 1. The first-order valence-corrected chi connectivity index (χ1v) is 3.65. The molecule has 0 aromatic heterocycles. The Bertz CT molecular complexity index is 235. The molecule has 0 aliphatic heterocycles. The van der Waals surface area contributed by atoms with Crippen LogP contribution in [0.15, 0.2) is 24.3 Å². The number of nitrogens with two attached hydrogens (primary N) is 1. The van der Waals surface area contributed by atoms with E-state index in [-0.39, 0.29) is 6.54 Å². The van der Waals surface area contributed by atoms with E-state index in [2.05, 4.69) is 0 Å². The van der Waals surface area contributed by atoms with Gasteiger partial charge >= 0.3 is 0 Å². The minimum atomic E-state index is -1.02. The molecule has 0 heterocycles. The predicted molar refractivity (Wildman–Crippen MR) is 44.1 cm³/mol. The van der Waals surface area contributed by atoms with Crippen LogP contribution in [0.25, 0.3) is 0 Å². The van der Waals surface area contributed by atoms with Gasteiger partial charge < -0.3 is 5.73 Å². The quantitative estimate of drug-likeness (QED) is 0.690. The average molecular weight is 153 g/mol. The molecule has 0 saturated heterocycles. The monoisotopic (exact) mass is 153 g/mol. The summed E-state index contributed by atoms with van der Waals surface area (Å²) in [7, 11) is 0. The zero-order valence-electron chi connectivity index (χ0n) is 6.55. The first-order chi connectivity index (χ1) is 5.25. The largest absolute Gasteiger partial charge is 0.327 e. The van der Waals surface area contributed by atoms with Crippen LogP contribution in [0.4, 0.5) is 4.39 Å². The van der Waals surface area contributed by atoms with Crippen LogP contribution in [0.3, 0.4) is 0 Å². The third kappa shape index (κ3) is 1.77. The second kappa shape index (κ2) is 3.49. The molecule has 0 radical (unpaired) electrons. The molecule has 0 aliphatic carbocycles. The van der Waals surface area contributed by atoms with E-state index in [4.69, 9.17) is 5.73 Å². The lowest BCUT2D eigenvalue weighted by atomic mass is 10.1. The van der Waals surface area contributed by atoms with Crippen molar-refractivity contribution in [1.82, 2.24) is 0 Å². The standard InChI is InChI=1S/C9H12FN/c1-7-4-2-3-5-8(7)9(10)6-11/h2-5,9H,6,11H2,1H3. The number of halogens is 1. The molecule has 0 spiro atoms. The lowest BCUT2D eigenvalue weighted by Crippen LogP contribution is -2.08. The molecule has 60 valence electrons. The normalized spacial score (nSPS) is 13.0. The van der Waals surface area contributed by atoms with Gasteiger partial charge in [0.1, 0.15) is 6.17 Å². The van der Waals surface area contributed by atoms with Gasteiger partial charge in [-0.15, -0.1) is 0 Å². The molecule has 0 fully saturated rings. The van der Waals surface area contributed by atoms with E-state index in [1.807, 2.05) is 25.1 Å². The van der Waals surface area contributed by atoms with Crippen LogP contribution in [0.5, 0.6) is 0 Å². The Balaban J connectivity index is 2.93. The minimum absolute atomic E-state index is 0.0604. The summed E-state index contributed by atoms with van der Waals surface area (Å²) in [6.45, 7) is 1.95. The highest BCUT2D eigenvalue weighted by molar-refractivity contribution is 5.27. The van der Waals surface area contributed by atoms with Gasteiger partial charge in [-0.05, 0) is 18.1 Å². The Morgan fingerprint density at radius 2 is 2.09 bits per heavy atom. The number of hydrogen-bond donors (Lipinski definition) is 1. The predicted octanol–water partition coefficient (Wildman–Crippen LogP) is 1.96. The van der Waals surface area contributed by atoms with Crippen molar-refractivity contribution in [1.29, 1.82) is 0 Å². The molecule has 1 rings (SSSR count). The van der Waals surface area contributed by atoms with Gasteiger partial charge in [0, 0.05) is 6.54 Å². The molecule has 0 amide bonds. The fourth-order valence-corrected chi connectivity index (χ4v) is 1.07. The number of aryl methyl sites for hydroxylation is 1. The molecule has 2 heteroatoms. The van der Waals surface area contributed by atoms with Gasteiger partial charge in [0.2, 0.25) is 0 Å². The first kappa shape index (κ1) is 8.21. The Morgan fingerprint density at radius 1 is 1.45 bits per heavy atom. The van der Waals surface area contributed by atoms with Crippen molar-refractivity contribution < 1.29 is 4.39 Å². The second-order valence-corrected chi connectivity index (χ2v) is 2.56. The van der Waals surface area contributed by atoms with E-state index in [9.17, 15) is 4.39 Å². The van der Waals surface area contributed by atoms with Crippen LogP contribution in [0.1, 0.15) is 17.3 Å². The van der Waals surface area contributed by atoms with Gasteiger partial charge in [0.05, 0.1) is 0 Å². The minimum Gasteiger partial charge on any atom is -0.327 e. The van der Waals surface area contributed by atoms with E-state index in [1.54, 1.807) is 6.07 Å². The van der Waals surface area contributed by atoms with Crippen LogP contribution < -0.4 is 5.73 Å². The van der Waals surface area contributed by atoms with Crippen LogP contribution in [-0.2, 0) is 0 Å². The van der Waals surface area contributed by atoms with E-state index in [0.717, 1.165) is 5.56 Å². The maximum atomic E-state index is 13.0. The van der Waals surface area contributed by atoms with Crippen molar-refractivity contribution in [2.24, 2.45) is 5.73 Å². The van der Waals surface area contributed by atoms with Crippen molar-refractivity contribution in [3.8, 4) is 0 Å². The summed E-state index contributed by atoms with van der Waals surface area (Å²) < 4.78 is 13.0. The number of rotatable bonds is 2. The summed E-state index contributed by atoms with van der Waals surface area (Å²) in [6.07, 6.45) is -1.02. The lowest BCUT2D eigenvalue weighted by molar-refractivity contribution is 0.351. The molecular formula is C9H12FN. The highest BCUT2D eigenvalue weighted by atomic mass is 19.1. The number of hydrogen-bond acceptors (Lipinski definition) is 1. The molecule has 1 atom stereocenters. The van der Waals surface area contributed by atoms with Crippen molar-refractivity contribution in [3.63, 3.8) is 0 Å². The Kier molecular flexibility index (Phi) is 2.60. The molecule has 2 N–H and O–H groups in total. The Labute approximate surface area is 66.0 Å². The summed E-state index contributed by atoms with van der Waals surface area (Å²) in [5, 5.41) is 0. The molecule has 11 heavy (non-hydrogen) atoms. The number of benzene rings is 1. The highest BCUT2D eigenvalue weighted by Gasteiger charge is 2.08. The molecule has 1 aromatic carbocycles.